The van der Waals surface area contributed by atoms with Gasteiger partial charge in [0.05, 0.1) is 9.09 Å². The number of nitrogens with one attached hydrogen (secondary N) is 2. The van der Waals surface area contributed by atoms with Crippen molar-refractivity contribution in [1.29, 1.82) is 0 Å². The molecule has 1 amide bonds. The molecule has 0 unspecified atom stereocenters. The van der Waals surface area contributed by atoms with Gasteiger partial charge in [-0.1, -0.05) is 11.8 Å². The largest absolute Gasteiger partial charge is 0.347 e. The molecule has 0 spiro atoms. The van der Waals surface area contributed by atoms with Gasteiger partial charge in [0.2, 0.25) is 0 Å². The Labute approximate surface area is 146 Å². The normalized spacial score (nSPS) is 25.2. The van der Waals surface area contributed by atoms with Gasteiger partial charge in [0.1, 0.15) is 11.6 Å². The third-order valence-corrected chi connectivity index (χ3v) is 6.79. The maximum Gasteiger partial charge on any atom is 0.261 e. The molecule has 0 saturated carbocycles. The fraction of sp³-hybridized carbons (Fsp3) is 0.353. The molecular weight excluding hydrogens is 350 g/mol. The molecular formula is C17H16F2N2OS2. The Kier molecular flexibility index (Phi) is 4.32. The molecule has 1 aromatic heterocycles. The van der Waals surface area contributed by atoms with Crippen molar-refractivity contribution in [2.24, 2.45) is 0 Å². The molecule has 126 valence electrons. The number of rotatable bonds is 4. The quantitative estimate of drug-likeness (QED) is 0.865. The predicted molar refractivity (Wildman–Crippen MR) is 90.6 cm³/mol. The average Bonchev–Trinajstić information content (AvgIpc) is 3.26. The third kappa shape index (κ3) is 3.20. The van der Waals surface area contributed by atoms with E-state index in [-0.39, 0.29) is 11.9 Å². The maximum absolute atomic E-state index is 13.7. The van der Waals surface area contributed by atoms with Gasteiger partial charge in [0, 0.05) is 29.1 Å². The highest BCUT2D eigenvalue weighted by molar-refractivity contribution is 8.01. The van der Waals surface area contributed by atoms with Gasteiger partial charge in [-0.15, -0.1) is 11.3 Å². The second-order valence-electron chi connectivity index (χ2n) is 6.16. The first-order valence-corrected chi connectivity index (χ1v) is 9.51. The van der Waals surface area contributed by atoms with Crippen molar-refractivity contribution < 1.29 is 13.6 Å². The Morgan fingerprint density at radius 1 is 1.25 bits per heavy atom. The lowest BCUT2D eigenvalue weighted by Crippen LogP contribution is -2.42. The van der Waals surface area contributed by atoms with Gasteiger partial charge >= 0.3 is 0 Å². The van der Waals surface area contributed by atoms with E-state index in [0.717, 1.165) is 23.1 Å². The van der Waals surface area contributed by atoms with Crippen LogP contribution in [-0.4, -0.2) is 24.0 Å². The van der Waals surface area contributed by atoms with Crippen LogP contribution in [0.4, 0.5) is 8.78 Å². The zero-order valence-corrected chi connectivity index (χ0v) is 14.4. The number of carbonyl (C=O) groups is 1. The molecule has 2 bridgehead atoms. The Balaban J connectivity index is 1.41. The summed E-state index contributed by atoms with van der Waals surface area (Å²) in [6.07, 6.45) is 3.30. The molecule has 3 heterocycles. The number of fused-ring (bicyclic) bond motifs is 2. The van der Waals surface area contributed by atoms with Crippen molar-refractivity contribution in [2.45, 2.75) is 46.5 Å². The van der Waals surface area contributed by atoms with Crippen LogP contribution in [0.2, 0.25) is 0 Å². The lowest BCUT2D eigenvalue weighted by atomic mass is 9.95. The van der Waals surface area contributed by atoms with Gasteiger partial charge in [-0.2, -0.15) is 0 Å². The summed E-state index contributed by atoms with van der Waals surface area (Å²) in [6.45, 7) is 0. The van der Waals surface area contributed by atoms with Crippen LogP contribution < -0.4 is 10.6 Å². The highest BCUT2D eigenvalue weighted by Gasteiger charge is 2.39. The molecule has 2 saturated heterocycles. The summed E-state index contributed by atoms with van der Waals surface area (Å²) in [5.41, 5.74) is 0. The highest BCUT2D eigenvalue weighted by Crippen LogP contribution is 2.35. The standard InChI is InChI=1S/C17H16F2N2OS2/c18-9-1-4-14(11(19)7-9)23-16-6-5-15(24-16)17(22)21-13-8-10-2-3-12(13)20-10/h1,4-7,10,12-13,20H,2-3,8H2,(H,21,22)/t10-,12+,13-/m1/s1. The van der Waals surface area contributed by atoms with Crippen molar-refractivity contribution in [3.8, 4) is 0 Å². The van der Waals surface area contributed by atoms with Gasteiger partial charge in [0.15, 0.2) is 0 Å². The van der Waals surface area contributed by atoms with E-state index >= 15 is 0 Å². The molecule has 3 nitrogen and oxygen atoms in total. The zero-order chi connectivity index (χ0) is 16.7. The summed E-state index contributed by atoms with van der Waals surface area (Å²) in [4.78, 5) is 13.4. The number of carbonyl (C=O) groups excluding carboxylic acids is 1. The first kappa shape index (κ1) is 16.1. The molecule has 2 aliphatic rings. The molecule has 2 N–H and O–H groups in total. The van der Waals surface area contributed by atoms with E-state index in [2.05, 4.69) is 10.6 Å². The van der Waals surface area contributed by atoms with Crippen molar-refractivity contribution in [3.63, 3.8) is 0 Å². The maximum atomic E-state index is 13.7. The van der Waals surface area contributed by atoms with Crippen molar-refractivity contribution in [3.05, 3.63) is 46.8 Å². The predicted octanol–water partition coefficient (Wildman–Crippen LogP) is 3.80. The first-order chi connectivity index (χ1) is 11.6. The van der Waals surface area contributed by atoms with E-state index in [0.29, 0.717) is 21.9 Å². The SMILES string of the molecule is O=C(N[C@@H]1C[C@H]2CC[C@@H]1N2)c1ccc(Sc2ccc(F)cc2F)s1. The second kappa shape index (κ2) is 6.46. The summed E-state index contributed by atoms with van der Waals surface area (Å²) in [6, 6.07) is 8.19. The number of thiophene rings is 1. The molecule has 7 heteroatoms. The molecule has 4 rings (SSSR count). The van der Waals surface area contributed by atoms with Crippen LogP contribution >= 0.6 is 23.1 Å². The lowest BCUT2D eigenvalue weighted by Gasteiger charge is -2.20. The number of hydrogen-bond donors (Lipinski definition) is 2. The molecule has 2 aromatic rings. The van der Waals surface area contributed by atoms with Gasteiger partial charge in [0.25, 0.3) is 5.91 Å². The van der Waals surface area contributed by atoms with E-state index in [1.54, 1.807) is 12.1 Å². The van der Waals surface area contributed by atoms with E-state index in [4.69, 9.17) is 0 Å². The van der Waals surface area contributed by atoms with Crippen LogP contribution in [0.3, 0.4) is 0 Å². The smallest absolute Gasteiger partial charge is 0.261 e. The Morgan fingerprint density at radius 3 is 2.83 bits per heavy atom. The topological polar surface area (TPSA) is 41.1 Å². The number of benzene rings is 1. The van der Waals surface area contributed by atoms with Crippen molar-refractivity contribution in [1.82, 2.24) is 10.6 Å². The Bertz CT molecular complexity index is 780. The van der Waals surface area contributed by atoms with Gasteiger partial charge in [-0.05, 0) is 43.5 Å². The van der Waals surface area contributed by atoms with Gasteiger partial charge in [-0.25, -0.2) is 8.78 Å². The van der Waals surface area contributed by atoms with Gasteiger partial charge < -0.3 is 10.6 Å². The fourth-order valence-corrected chi connectivity index (χ4v) is 5.38. The van der Waals surface area contributed by atoms with Crippen LogP contribution in [0.1, 0.15) is 28.9 Å². The molecule has 3 atom stereocenters. The summed E-state index contributed by atoms with van der Waals surface area (Å²) >= 11 is 2.52. The van der Waals surface area contributed by atoms with Crippen LogP contribution in [0.5, 0.6) is 0 Å². The van der Waals surface area contributed by atoms with E-state index in [1.165, 1.54) is 41.7 Å². The van der Waals surface area contributed by atoms with Crippen LogP contribution in [-0.2, 0) is 0 Å². The lowest BCUT2D eigenvalue weighted by molar-refractivity contribution is 0.0935. The summed E-state index contributed by atoms with van der Waals surface area (Å²) in [7, 11) is 0. The third-order valence-electron chi connectivity index (χ3n) is 4.53. The van der Waals surface area contributed by atoms with Crippen LogP contribution in [0, 0.1) is 11.6 Å². The number of amides is 1. The summed E-state index contributed by atoms with van der Waals surface area (Å²) in [5, 5.41) is 6.59. The number of hydrogen-bond acceptors (Lipinski definition) is 4. The minimum Gasteiger partial charge on any atom is -0.347 e. The van der Waals surface area contributed by atoms with E-state index in [1.807, 2.05) is 0 Å². The minimum atomic E-state index is -0.595. The Morgan fingerprint density at radius 2 is 2.12 bits per heavy atom. The monoisotopic (exact) mass is 366 g/mol. The van der Waals surface area contributed by atoms with E-state index in [9.17, 15) is 13.6 Å². The fourth-order valence-electron chi connectivity index (χ4n) is 3.39. The minimum absolute atomic E-state index is 0.0780. The van der Waals surface area contributed by atoms with Crippen molar-refractivity contribution in [2.75, 3.05) is 0 Å². The summed E-state index contributed by atoms with van der Waals surface area (Å²) < 4.78 is 27.5. The second-order valence-corrected chi connectivity index (χ2v) is 8.58. The first-order valence-electron chi connectivity index (χ1n) is 7.88. The Hall–Kier alpha value is -1.44. The molecule has 2 aliphatic heterocycles. The molecule has 0 aliphatic carbocycles. The zero-order valence-electron chi connectivity index (χ0n) is 12.7. The molecule has 24 heavy (non-hydrogen) atoms. The molecule has 0 radical (unpaired) electrons. The van der Waals surface area contributed by atoms with Crippen LogP contribution in [0.15, 0.2) is 39.4 Å². The average molecular weight is 366 g/mol. The van der Waals surface area contributed by atoms with Crippen molar-refractivity contribution >= 4 is 29.0 Å². The summed E-state index contributed by atoms with van der Waals surface area (Å²) in [5.74, 6) is -1.26. The van der Waals surface area contributed by atoms with E-state index < -0.39 is 11.6 Å². The van der Waals surface area contributed by atoms with Gasteiger partial charge in [-0.3, -0.25) is 4.79 Å². The molecule has 1 aromatic carbocycles. The van der Waals surface area contributed by atoms with Crippen LogP contribution in [0.25, 0.3) is 0 Å². The highest BCUT2D eigenvalue weighted by atomic mass is 32.2. The number of halogens is 2. The molecule has 2 fully saturated rings.